The fourth-order valence-corrected chi connectivity index (χ4v) is 1.24. The maximum Gasteiger partial charge on any atom is 0.290 e. The van der Waals surface area contributed by atoms with Crippen molar-refractivity contribution < 1.29 is 9.59 Å². The Kier molecular flexibility index (Phi) is 5.12. The summed E-state index contributed by atoms with van der Waals surface area (Å²) in [5.41, 5.74) is 0. The minimum Gasteiger partial charge on any atom is -0.359 e. The summed E-state index contributed by atoms with van der Waals surface area (Å²) in [6.45, 7) is 2.29. The van der Waals surface area contributed by atoms with E-state index >= 15 is 0 Å². The summed E-state index contributed by atoms with van der Waals surface area (Å²) in [7, 11) is 1.55. The molecule has 0 aromatic carbocycles. The smallest absolute Gasteiger partial charge is 0.290 e. The van der Waals surface area contributed by atoms with Gasteiger partial charge in [0, 0.05) is 26.4 Å². The standard InChI is InChI=1S/C10H17N5O2/c1-3-4-7-13-9(15-14-7)10(17)12-6-5-8(16)11-2/h3-6H2,1-2H3,(H,11,16)(H,12,17)(H,13,14,15). The van der Waals surface area contributed by atoms with Crippen molar-refractivity contribution in [3.05, 3.63) is 11.6 Å². The van der Waals surface area contributed by atoms with E-state index in [4.69, 9.17) is 0 Å². The van der Waals surface area contributed by atoms with Gasteiger partial charge in [0.1, 0.15) is 5.82 Å². The van der Waals surface area contributed by atoms with Crippen molar-refractivity contribution in [2.45, 2.75) is 26.2 Å². The lowest BCUT2D eigenvalue weighted by molar-refractivity contribution is -0.120. The molecular weight excluding hydrogens is 222 g/mol. The summed E-state index contributed by atoms with van der Waals surface area (Å²) in [5, 5.41) is 11.5. The van der Waals surface area contributed by atoms with Gasteiger partial charge in [0.05, 0.1) is 0 Å². The van der Waals surface area contributed by atoms with E-state index in [-0.39, 0.29) is 30.6 Å². The van der Waals surface area contributed by atoms with Crippen LogP contribution in [0.5, 0.6) is 0 Å². The molecule has 7 nitrogen and oxygen atoms in total. The molecule has 1 aromatic rings. The third-order valence-electron chi connectivity index (χ3n) is 2.14. The van der Waals surface area contributed by atoms with Crippen LogP contribution in [0.4, 0.5) is 0 Å². The van der Waals surface area contributed by atoms with E-state index in [0.29, 0.717) is 5.82 Å². The number of carbonyl (C=O) groups excluding carboxylic acids is 2. The van der Waals surface area contributed by atoms with Crippen LogP contribution in [0.1, 0.15) is 36.2 Å². The molecule has 0 aliphatic heterocycles. The molecule has 94 valence electrons. The van der Waals surface area contributed by atoms with Crippen LogP contribution in [0.3, 0.4) is 0 Å². The van der Waals surface area contributed by atoms with Gasteiger partial charge < -0.3 is 10.6 Å². The number of hydrogen-bond acceptors (Lipinski definition) is 4. The Bertz CT molecular complexity index is 388. The van der Waals surface area contributed by atoms with E-state index in [0.717, 1.165) is 12.8 Å². The molecule has 2 amide bonds. The molecule has 0 unspecified atom stereocenters. The Balaban J connectivity index is 2.38. The zero-order valence-electron chi connectivity index (χ0n) is 10.0. The van der Waals surface area contributed by atoms with Crippen molar-refractivity contribution in [2.75, 3.05) is 13.6 Å². The second-order valence-electron chi connectivity index (χ2n) is 3.53. The van der Waals surface area contributed by atoms with E-state index in [2.05, 4.69) is 25.8 Å². The highest BCUT2D eigenvalue weighted by Gasteiger charge is 2.11. The van der Waals surface area contributed by atoms with Crippen LogP contribution >= 0.6 is 0 Å². The number of nitrogens with one attached hydrogen (secondary N) is 3. The highest BCUT2D eigenvalue weighted by Crippen LogP contribution is 1.96. The second kappa shape index (κ2) is 6.62. The number of rotatable bonds is 6. The van der Waals surface area contributed by atoms with Gasteiger partial charge in [-0.1, -0.05) is 6.92 Å². The molecule has 0 bridgehead atoms. The Morgan fingerprint density at radius 1 is 1.41 bits per heavy atom. The van der Waals surface area contributed by atoms with Crippen LogP contribution in [0.25, 0.3) is 0 Å². The molecule has 0 aliphatic rings. The first kappa shape index (κ1) is 13.1. The second-order valence-corrected chi connectivity index (χ2v) is 3.53. The minimum absolute atomic E-state index is 0.116. The van der Waals surface area contributed by atoms with Crippen LogP contribution in [0.15, 0.2) is 0 Å². The van der Waals surface area contributed by atoms with Gasteiger partial charge >= 0.3 is 0 Å². The fraction of sp³-hybridized carbons (Fsp3) is 0.600. The van der Waals surface area contributed by atoms with Gasteiger partial charge in [-0.2, -0.15) is 0 Å². The van der Waals surface area contributed by atoms with Crippen molar-refractivity contribution in [1.82, 2.24) is 25.8 Å². The predicted octanol–water partition coefficient (Wildman–Crippen LogP) is -0.377. The molecule has 7 heteroatoms. The number of hydrogen-bond donors (Lipinski definition) is 3. The maximum absolute atomic E-state index is 11.5. The molecule has 1 aromatic heterocycles. The molecule has 0 atom stereocenters. The molecule has 0 saturated heterocycles. The van der Waals surface area contributed by atoms with Gasteiger partial charge in [-0.25, -0.2) is 4.98 Å². The van der Waals surface area contributed by atoms with E-state index in [1.54, 1.807) is 7.05 Å². The number of aromatic nitrogens is 3. The summed E-state index contributed by atoms with van der Waals surface area (Å²) in [4.78, 5) is 26.5. The number of aryl methyl sites for hydroxylation is 1. The minimum atomic E-state index is -0.368. The molecule has 0 aliphatic carbocycles. The predicted molar refractivity (Wildman–Crippen MR) is 61.4 cm³/mol. The monoisotopic (exact) mass is 239 g/mol. The molecular formula is C10H17N5O2. The number of aromatic amines is 1. The average Bonchev–Trinajstić information content (AvgIpc) is 2.78. The third kappa shape index (κ3) is 4.21. The summed E-state index contributed by atoms with van der Waals surface area (Å²) in [6.07, 6.45) is 1.94. The number of amides is 2. The average molecular weight is 239 g/mol. The highest BCUT2D eigenvalue weighted by molar-refractivity contribution is 5.90. The summed E-state index contributed by atoms with van der Waals surface area (Å²) < 4.78 is 0. The van der Waals surface area contributed by atoms with E-state index in [1.807, 2.05) is 6.92 Å². The Morgan fingerprint density at radius 3 is 2.82 bits per heavy atom. The van der Waals surface area contributed by atoms with Crippen LogP contribution in [-0.2, 0) is 11.2 Å². The van der Waals surface area contributed by atoms with Crippen LogP contribution in [0, 0.1) is 0 Å². The van der Waals surface area contributed by atoms with Crippen molar-refractivity contribution in [2.24, 2.45) is 0 Å². The molecule has 17 heavy (non-hydrogen) atoms. The van der Waals surface area contributed by atoms with Crippen LogP contribution in [-0.4, -0.2) is 40.6 Å². The van der Waals surface area contributed by atoms with Gasteiger partial charge in [0.25, 0.3) is 5.91 Å². The molecule has 0 fully saturated rings. The molecule has 0 radical (unpaired) electrons. The quantitative estimate of drug-likeness (QED) is 0.630. The number of H-pyrrole nitrogens is 1. The molecule has 0 saturated carbocycles. The maximum atomic E-state index is 11.5. The van der Waals surface area contributed by atoms with E-state index in [9.17, 15) is 9.59 Å². The highest BCUT2D eigenvalue weighted by atomic mass is 16.2. The summed E-state index contributed by atoms with van der Waals surface area (Å²) >= 11 is 0. The Morgan fingerprint density at radius 2 is 2.18 bits per heavy atom. The Hall–Kier alpha value is -1.92. The zero-order valence-corrected chi connectivity index (χ0v) is 10.0. The van der Waals surface area contributed by atoms with Gasteiger partial charge in [-0.3, -0.25) is 14.7 Å². The Labute approximate surface area is 99.4 Å². The van der Waals surface area contributed by atoms with Crippen molar-refractivity contribution in [1.29, 1.82) is 0 Å². The molecule has 3 N–H and O–H groups in total. The van der Waals surface area contributed by atoms with Gasteiger partial charge in [0.15, 0.2) is 0 Å². The summed E-state index contributed by atoms with van der Waals surface area (Å²) in [6, 6.07) is 0. The molecule has 1 heterocycles. The third-order valence-corrected chi connectivity index (χ3v) is 2.14. The lowest BCUT2D eigenvalue weighted by atomic mass is 10.3. The van der Waals surface area contributed by atoms with Gasteiger partial charge in [-0.15, -0.1) is 5.10 Å². The lowest BCUT2D eigenvalue weighted by Crippen LogP contribution is -2.29. The summed E-state index contributed by atoms with van der Waals surface area (Å²) in [5.74, 6) is 0.328. The molecule has 1 rings (SSSR count). The fourth-order valence-electron chi connectivity index (χ4n) is 1.24. The SMILES string of the molecule is CCCc1nc(C(=O)NCCC(=O)NC)n[nH]1. The first-order valence-electron chi connectivity index (χ1n) is 5.57. The van der Waals surface area contributed by atoms with Crippen molar-refractivity contribution >= 4 is 11.8 Å². The van der Waals surface area contributed by atoms with Crippen molar-refractivity contribution in [3.63, 3.8) is 0 Å². The normalized spacial score (nSPS) is 10.0. The van der Waals surface area contributed by atoms with Crippen LogP contribution in [0.2, 0.25) is 0 Å². The topological polar surface area (TPSA) is 99.8 Å². The molecule has 0 spiro atoms. The van der Waals surface area contributed by atoms with Gasteiger partial charge in [-0.05, 0) is 6.42 Å². The zero-order chi connectivity index (χ0) is 12.7. The first-order chi connectivity index (χ1) is 8.17. The first-order valence-corrected chi connectivity index (χ1v) is 5.57. The van der Waals surface area contributed by atoms with E-state index < -0.39 is 0 Å². The van der Waals surface area contributed by atoms with Crippen molar-refractivity contribution in [3.8, 4) is 0 Å². The number of nitrogens with zero attached hydrogens (tertiary/aromatic N) is 2. The van der Waals surface area contributed by atoms with E-state index in [1.165, 1.54) is 0 Å². The largest absolute Gasteiger partial charge is 0.359 e. The lowest BCUT2D eigenvalue weighted by Gasteiger charge is -2.01. The number of carbonyl (C=O) groups is 2. The van der Waals surface area contributed by atoms with Crippen LogP contribution < -0.4 is 10.6 Å². The van der Waals surface area contributed by atoms with Gasteiger partial charge in [0.2, 0.25) is 11.7 Å².